The van der Waals surface area contributed by atoms with Gasteiger partial charge in [-0.15, -0.1) is 23.2 Å². The quantitative estimate of drug-likeness (QED) is 0.623. The summed E-state index contributed by atoms with van der Waals surface area (Å²) in [6.07, 6.45) is -1.52. The first-order valence-electron chi connectivity index (χ1n) is 5.19. The Hall–Kier alpha value is -1.10. The predicted molar refractivity (Wildman–Crippen MR) is 68.3 cm³/mol. The summed E-state index contributed by atoms with van der Waals surface area (Å²) in [5.41, 5.74) is 1.02. The predicted octanol–water partition coefficient (Wildman–Crippen LogP) is 2.35. The maximum absolute atomic E-state index is 11.7. The summed E-state index contributed by atoms with van der Waals surface area (Å²) in [7, 11) is 0. The molecule has 0 aliphatic rings. The molecule has 1 rings (SSSR count). The SMILES string of the molecule is O=C(CCCl)c1cc(CCl)cc(C(O)C(=O)O)c1. The van der Waals surface area contributed by atoms with Crippen molar-refractivity contribution in [2.24, 2.45) is 0 Å². The molecule has 1 unspecified atom stereocenters. The molecule has 0 saturated carbocycles. The van der Waals surface area contributed by atoms with Crippen LogP contribution in [-0.2, 0) is 10.7 Å². The van der Waals surface area contributed by atoms with Crippen molar-refractivity contribution in [1.82, 2.24) is 0 Å². The average molecular weight is 291 g/mol. The zero-order chi connectivity index (χ0) is 13.7. The molecule has 0 heterocycles. The Morgan fingerprint density at radius 2 is 1.89 bits per heavy atom. The van der Waals surface area contributed by atoms with Crippen LogP contribution in [0.3, 0.4) is 0 Å². The molecule has 98 valence electrons. The standard InChI is InChI=1S/C12H12Cl2O4/c13-2-1-10(15)8-3-7(6-14)4-9(5-8)11(16)12(17)18/h3-5,11,16H,1-2,6H2,(H,17,18). The summed E-state index contributed by atoms with van der Waals surface area (Å²) in [5, 5.41) is 18.2. The van der Waals surface area contributed by atoms with Gasteiger partial charge in [0.25, 0.3) is 0 Å². The van der Waals surface area contributed by atoms with Gasteiger partial charge in [0.1, 0.15) is 0 Å². The van der Waals surface area contributed by atoms with E-state index >= 15 is 0 Å². The number of carboxylic acid groups (broad SMARTS) is 1. The molecule has 0 radical (unpaired) electrons. The van der Waals surface area contributed by atoms with Gasteiger partial charge in [-0.3, -0.25) is 4.79 Å². The Bertz CT molecular complexity index is 459. The number of rotatable bonds is 6. The molecule has 0 aromatic heterocycles. The maximum Gasteiger partial charge on any atom is 0.337 e. The van der Waals surface area contributed by atoms with Crippen LogP contribution in [0, 0.1) is 0 Å². The normalized spacial score (nSPS) is 12.2. The molecule has 4 nitrogen and oxygen atoms in total. The van der Waals surface area contributed by atoms with Gasteiger partial charge in [-0.25, -0.2) is 4.79 Å². The fourth-order valence-electron chi connectivity index (χ4n) is 1.49. The zero-order valence-electron chi connectivity index (χ0n) is 9.40. The number of hydrogen-bond acceptors (Lipinski definition) is 3. The molecule has 1 aromatic carbocycles. The summed E-state index contributed by atoms with van der Waals surface area (Å²) in [6, 6.07) is 4.38. The lowest BCUT2D eigenvalue weighted by Crippen LogP contribution is -2.12. The Morgan fingerprint density at radius 1 is 1.22 bits per heavy atom. The van der Waals surface area contributed by atoms with Gasteiger partial charge in [-0.05, 0) is 23.3 Å². The molecular weight excluding hydrogens is 279 g/mol. The van der Waals surface area contributed by atoms with Gasteiger partial charge in [0.2, 0.25) is 0 Å². The number of aliphatic hydroxyl groups is 1. The first-order chi connectivity index (χ1) is 8.49. The minimum Gasteiger partial charge on any atom is -0.479 e. The third-order valence-corrected chi connectivity index (χ3v) is 2.86. The number of alkyl halides is 2. The Balaban J connectivity index is 3.16. The fraction of sp³-hybridized carbons (Fsp3) is 0.333. The van der Waals surface area contributed by atoms with E-state index in [9.17, 15) is 14.7 Å². The van der Waals surface area contributed by atoms with E-state index in [0.29, 0.717) is 11.1 Å². The topological polar surface area (TPSA) is 74.6 Å². The lowest BCUT2D eigenvalue weighted by molar-refractivity contribution is -0.146. The van der Waals surface area contributed by atoms with Crippen molar-refractivity contribution < 1.29 is 19.8 Å². The van der Waals surface area contributed by atoms with Gasteiger partial charge in [-0.2, -0.15) is 0 Å². The van der Waals surface area contributed by atoms with E-state index in [4.69, 9.17) is 28.3 Å². The molecule has 18 heavy (non-hydrogen) atoms. The fourth-order valence-corrected chi connectivity index (χ4v) is 1.81. The van der Waals surface area contributed by atoms with Crippen molar-refractivity contribution in [1.29, 1.82) is 0 Å². The van der Waals surface area contributed by atoms with E-state index in [1.807, 2.05) is 0 Å². The minimum absolute atomic E-state index is 0.126. The Labute approximate surface area is 114 Å². The maximum atomic E-state index is 11.7. The van der Waals surface area contributed by atoms with Crippen LogP contribution in [0.4, 0.5) is 0 Å². The van der Waals surface area contributed by atoms with Crippen molar-refractivity contribution in [2.75, 3.05) is 5.88 Å². The van der Waals surface area contributed by atoms with E-state index in [1.54, 1.807) is 6.07 Å². The van der Waals surface area contributed by atoms with Gasteiger partial charge in [0.15, 0.2) is 11.9 Å². The average Bonchev–Trinajstić information content (AvgIpc) is 2.37. The summed E-state index contributed by atoms with van der Waals surface area (Å²) in [6.45, 7) is 0. The van der Waals surface area contributed by atoms with Crippen LogP contribution in [0.5, 0.6) is 0 Å². The number of aliphatic carboxylic acids is 1. The molecule has 1 aromatic rings. The van der Waals surface area contributed by atoms with Gasteiger partial charge in [0, 0.05) is 23.7 Å². The van der Waals surface area contributed by atoms with Crippen LogP contribution in [0.1, 0.15) is 34.0 Å². The molecule has 0 amide bonds. The van der Waals surface area contributed by atoms with Crippen LogP contribution in [0.2, 0.25) is 0 Å². The highest BCUT2D eigenvalue weighted by molar-refractivity contribution is 6.19. The lowest BCUT2D eigenvalue weighted by Gasteiger charge is -2.10. The van der Waals surface area contributed by atoms with Crippen LogP contribution in [0.15, 0.2) is 18.2 Å². The summed E-state index contributed by atoms with van der Waals surface area (Å²) in [4.78, 5) is 22.4. The molecule has 2 N–H and O–H groups in total. The first-order valence-corrected chi connectivity index (χ1v) is 6.26. The van der Waals surface area contributed by atoms with Crippen LogP contribution >= 0.6 is 23.2 Å². The van der Waals surface area contributed by atoms with Gasteiger partial charge < -0.3 is 10.2 Å². The number of hydrogen-bond donors (Lipinski definition) is 2. The minimum atomic E-state index is -1.67. The van der Waals surface area contributed by atoms with Crippen molar-refractivity contribution in [3.8, 4) is 0 Å². The largest absolute Gasteiger partial charge is 0.479 e. The number of carbonyl (C=O) groups is 2. The summed E-state index contributed by atoms with van der Waals surface area (Å²) >= 11 is 11.2. The van der Waals surface area contributed by atoms with E-state index in [2.05, 4.69) is 0 Å². The second-order valence-electron chi connectivity index (χ2n) is 3.70. The van der Waals surface area contributed by atoms with Gasteiger partial charge in [0.05, 0.1) is 0 Å². The zero-order valence-corrected chi connectivity index (χ0v) is 10.9. The number of halogens is 2. The van der Waals surface area contributed by atoms with Crippen molar-refractivity contribution in [2.45, 2.75) is 18.4 Å². The highest BCUT2D eigenvalue weighted by atomic mass is 35.5. The molecule has 0 bridgehead atoms. The first kappa shape index (κ1) is 15.0. The number of ketones is 1. The second-order valence-corrected chi connectivity index (χ2v) is 4.35. The highest BCUT2D eigenvalue weighted by Crippen LogP contribution is 2.20. The molecule has 0 fully saturated rings. The smallest absolute Gasteiger partial charge is 0.337 e. The molecule has 6 heteroatoms. The third kappa shape index (κ3) is 3.70. The van der Waals surface area contributed by atoms with Gasteiger partial charge in [-0.1, -0.05) is 6.07 Å². The molecule has 0 saturated heterocycles. The molecular formula is C12H12Cl2O4. The number of aliphatic hydroxyl groups excluding tert-OH is 1. The van der Waals surface area contributed by atoms with Crippen molar-refractivity contribution in [3.05, 3.63) is 34.9 Å². The molecule has 0 aliphatic carbocycles. The monoisotopic (exact) mass is 290 g/mol. The number of benzene rings is 1. The second kappa shape index (κ2) is 6.73. The third-order valence-electron chi connectivity index (χ3n) is 2.36. The van der Waals surface area contributed by atoms with Crippen LogP contribution in [0.25, 0.3) is 0 Å². The van der Waals surface area contributed by atoms with Crippen LogP contribution < -0.4 is 0 Å². The van der Waals surface area contributed by atoms with E-state index < -0.39 is 12.1 Å². The van der Waals surface area contributed by atoms with E-state index in [-0.39, 0.29) is 29.5 Å². The number of Topliss-reactive ketones (excluding diaryl/α,β-unsaturated/α-hetero) is 1. The van der Waals surface area contributed by atoms with E-state index in [0.717, 1.165) is 0 Å². The number of carbonyl (C=O) groups excluding carboxylic acids is 1. The Morgan fingerprint density at radius 3 is 2.39 bits per heavy atom. The van der Waals surface area contributed by atoms with Crippen molar-refractivity contribution >= 4 is 35.0 Å². The molecule has 0 aliphatic heterocycles. The molecule has 0 spiro atoms. The summed E-state index contributed by atoms with van der Waals surface area (Å²) < 4.78 is 0. The van der Waals surface area contributed by atoms with E-state index in [1.165, 1.54) is 12.1 Å². The molecule has 1 atom stereocenters. The summed E-state index contributed by atoms with van der Waals surface area (Å²) in [5.74, 6) is -1.28. The van der Waals surface area contributed by atoms with Crippen molar-refractivity contribution in [3.63, 3.8) is 0 Å². The van der Waals surface area contributed by atoms with Crippen LogP contribution in [-0.4, -0.2) is 27.8 Å². The van der Waals surface area contributed by atoms with Gasteiger partial charge >= 0.3 is 5.97 Å². The highest BCUT2D eigenvalue weighted by Gasteiger charge is 2.18. The number of carboxylic acids is 1. The lowest BCUT2D eigenvalue weighted by atomic mass is 9.99. The Kier molecular flexibility index (Phi) is 5.59.